The normalized spacial score (nSPS) is 48.0. The maximum absolute atomic E-state index is 10.3. The zero-order valence-electron chi connectivity index (χ0n) is 16.5. The van der Waals surface area contributed by atoms with Crippen LogP contribution in [-0.2, 0) is 0 Å². The fourth-order valence-electron chi connectivity index (χ4n) is 6.91. The van der Waals surface area contributed by atoms with Gasteiger partial charge >= 0.3 is 0 Å². The van der Waals surface area contributed by atoms with Crippen LogP contribution in [0.25, 0.3) is 0 Å². The zero-order chi connectivity index (χ0) is 18.2. The van der Waals surface area contributed by atoms with E-state index in [4.69, 9.17) is 0 Å². The standard InChI is InChI=1S/C23H38O2/c1-5-19-20-9-8-16(2)22(20,3)13-11-21(19)23(4)12-10-18(25)15-17(23)7-6-14-24/h6-7,17-21,24-25H,2,5,8-15H2,1,3-4H3/b7-6+/t17-,18-,19+,20?,21?,22+,23-/m0/s1. The van der Waals surface area contributed by atoms with Crippen molar-refractivity contribution in [3.63, 3.8) is 0 Å². The maximum Gasteiger partial charge on any atom is 0.0612 e. The Kier molecular flexibility index (Phi) is 5.52. The highest BCUT2D eigenvalue weighted by atomic mass is 16.3. The first kappa shape index (κ1) is 19.2. The van der Waals surface area contributed by atoms with Gasteiger partial charge in [-0.3, -0.25) is 0 Å². The molecule has 3 aliphatic rings. The van der Waals surface area contributed by atoms with Gasteiger partial charge in [0.05, 0.1) is 12.7 Å². The Morgan fingerprint density at radius 3 is 2.60 bits per heavy atom. The molecule has 2 unspecified atom stereocenters. The molecule has 3 saturated carbocycles. The van der Waals surface area contributed by atoms with Gasteiger partial charge in [0, 0.05) is 0 Å². The van der Waals surface area contributed by atoms with Crippen LogP contribution in [0.5, 0.6) is 0 Å². The van der Waals surface area contributed by atoms with E-state index in [-0.39, 0.29) is 18.1 Å². The van der Waals surface area contributed by atoms with E-state index < -0.39 is 0 Å². The third-order valence-electron chi connectivity index (χ3n) is 8.57. The molecule has 0 aromatic carbocycles. The molecule has 2 N–H and O–H groups in total. The summed E-state index contributed by atoms with van der Waals surface area (Å²) in [5.41, 5.74) is 2.10. The third-order valence-corrected chi connectivity index (χ3v) is 8.57. The largest absolute Gasteiger partial charge is 0.393 e. The molecule has 0 aromatic heterocycles. The highest BCUT2D eigenvalue weighted by Gasteiger charge is 2.55. The van der Waals surface area contributed by atoms with Crippen molar-refractivity contribution in [2.24, 2.45) is 34.5 Å². The molecule has 0 saturated heterocycles. The fourth-order valence-corrected chi connectivity index (χ4v) is 6.91. The van der Waals surface area contributed by atoms with E-state index >= 15 is 0 Å². The molecule has 25 heavy (non-hydrogen) atoms. The van der Waals surface area contributed by atoms with Crippen LogP contribution in [0.15, 0.2) is 24.3 Å². The molecule has 0 spiro atoms. The minimum absolute atomic E-state index is 0.102. The Bertz CT molecular complexity index is 524. The van der Waals surface area contributed by atoms with Gasteiger partial charge in [0.1, 0.15) is 0 Å². The maximum atomic E-state index is 10.3. The molecule has 0 heterocycles. The zero-order valence-corrected chi connectivity index (χ0v) is 16.5. The lowest BCUT2D eigenvalue weighted by Crippen LogP contribution is -2.49. The number of hydrogen-bond donors (Lipinski definition) is 2. The highest BCUT2D eigenvalue weighted by molar-refractivity contribution is 5.21. The monoisotopic (exact) mass is 346 g/mol. The Balaban J connectivity index is 1.90. The van der Waals surface area contributed by atoms with E-state index in [0.717, 1.165) is 37.0 Å². The third kappa shape index (κ3) is 3.14. The van der Waals surface area contributed by atoms with Gasteiger partial charge in [0.15, 0.2) is 0 Å². The van der Waals surface area contributed by atoms with Crippen LogP contribution in [0.1, 0.15) is 72.1 Å². The summed E-state index contributed by atoms with van der Waals surface area (Å²) in [6.07, 6.45) is 13.2. The van der Waals surface area contributed by atoms with Crippen molar-refractivity contribution in [3.8, 4) is 0 Å². The summed E-state index contributed by atoms with van der Waals surface area (Å²) in [6.45, 7) is 11.9. The van der Waals surface area contributed by atoms with Gasteiger partial charge in [0.25, 0.3) is 0 Å². The summed E-state index contributed by atoms with van der Waals surface area (Å²) in [5, 5.41) is 19.5. The minimum atomic E-state index is -0.179. The molecule has 0 aliphatic heterocycles. The van der Waals surface area contributed by atoms with Crippen LogP contribution in [0.3, 0.4) is 0 Å². The average Bonchev–Trinajstić information content (AvgIpc) is 2.90. The Morgan fingerprint density at radius 2 is 1.92 bits per heavy atom. The van der Waals surface area contributed by atoms with Crippen LogP contribution in [-0.4, -0.2) is 22.9 Å². The van der Waals surface area contributed by atoms with Crippen molar-refractivity contribution in [2.45, 2.75) is 78.2 Å². The van der Waals surface area contributed by atoms with Crippen molar-refractivity contribution in [1.29, 1.82) is 0 Å². The summed E-state index contributed by atoms with van der Waals surface area (Å²) in [7, 11) is 0. The molecular weight excluding hydrogens is 308 g/mol. The first-order valence-electron chi connectivity index (χ1n) is 10.5. The van der Waals surface area contributed by atoms with Gasteiger partial charge in [-0.05, 0) is 79.4 Å². The summed E-state index contributed by atoms with van der Waals surface area (Å²) >= 11 is 0. The van der Waals surface area contributed by atoms with Crippen LogP contribution in [0.4, 0.5) is 0 Å². The molecule has 0 aromatic rings. The predicted octanol–water partition coefficient (Wildman–Crippen LogP) is 5.11. The molecule has 142 valence electrons. The number of allylic oxidation sites excluding steroid dienone is 2. The van der Waals surface area contributed by atoms with Crippen LogP contribution >= 0.6 is 0 Å². The van der Waals surface area contributed by atoms with Gasteiger partial charge in [0.2, 0.25) is 0 Å². The molecule has 0 radical (unpaired) electrons. The first-order valence-corrected chi connectivity index (χ1v) is 10.5. The fraction of sp³-hybridized carbons (Fsp3) is 0.826. The lowest BCUT2D eigenvalue weighted by molar-refractivity contribution is -0.0694. The van der Waals surface area contributed by atoms with Crippen molar-refractivity contribution < 1.29 is 10.2 Å². The number of fused-ring (bicyclic) bond motifs is 1. The molecule has 2 heteroatoms. The van der Waals surface area contributed by atoms with E-state index in [0.29, 0.717) is 11.3 Å². The lowest BCUT2D eigenvalue weighted by Gasteiger charge is -2.56. The van der Waals surface area contributed by atoms with E-state index in [1.54, 1.807) is 0 Å². The van der Waals surface area contributed by atoms with Crippen molar-refractivity contribution in [3.05, 3.63) is 24.3 Å². The first-order chi connectivity index (χ1) is 11.9. The van der Waals surface area contributed by atoms with Crippen LogP contribution in [0, 0.1) is 34.5 Å². The molecule has 3 fully saturated rings. The smallest absolute Gasteiger partial charge is 0.0612 e. The topological polar surface area (TPSA) is 40.5 Å². The number of aliphatic hydroxyl groups excluding tert-OH is 2. The summed E-state index contributed by atoms with van der Waals surface area (Å²) in [4.78, 5) is 0. The second-order valence-corrected chi connectivity index (χ2v) is 9.53. The highest BCUT2D eigenvalue weighted by Crippen LogP contribution is 2.64. The SMILES string of the molecule is C=C1CCC2[C@@H](CC)C([C@@]3(C)CC[C@H](O)C[C@@H]3/C=C/CO)CC[C@]12C. The van der Waals surface area contributed by atoms with Gasteiger partial charge in [-0.15, -0.1) is 0 Å². The second kappa shape index (κ2) is 7.19. The molecule has 0 amide bonds. The van der Waals surface area contributed by atoms with Crippen molar-refractivity contribution >= 4 is 0 Å². The van der Waals surface area contributed by atoms with Crippen molar-refractivity contribution in [2.75, 3.05) is 6.61 Å². The number of rotatable bonds is 4. The van der Waals surface area contributed by atoms with Crippen molar-refractivity contribution in [1.82, 2.24) is 0 Å². The molecule has 7 atom stereocenters. The van der Waals surface area contributed by atoms with Crippen LogP contribution < -0.4 is 0 Å². The molecular formula is C23H38O2. The van der Waals surface area contributed by atoms with Gasteiger partial charge in [-0.1, -0.05) is 51.5 Å². The average molecular weight is 347 g/mol. The predicted molar refractivity (Wildman–Crippen MR) is 104 cm³/mol. The summed E-state index contributed by atoms with van der Waals surface area (Å²) in [6, 6.07) is 0. The number of aliphatic hydroxyl groups is 2. The number of hydrogen-bond acceptors (Lipinski definition) is 2. The molecule has 2 nitrogen and oxygen atoms in total. The van der Waals surface area contributed by atoms with Gasteiger partial charge in [-0.25, -0.2) is 0 Å². The quantitative estimate of drug-likeness (QED) is 0.694. The lowest BCUT2D eigenvalue weighted by atomic mass is 9.49. The van der Waals surface area contributed by atoms with E-state index in [1.807, 2.05) is 6.08 Å². The Labute approximate surface area is 154 Å². The second-order valence-electron chi connectivity index (χ2n) is 9.53. The van der Waals surface area contributed by atoms with Gasteiger partial charge < -0.3 is 10.2 Å². The van der Waals surface area contributed by atoms with E-state index in [1.165, 1.54) is 37.7 Å². The van der Waals surface area contributed by atoms with E-state index in [9.17, 15) is 10.2 Å². The minimum Gasteiger partial charge on any atom is -0.393 e. The summed E-state index contributed by atoms with van der Waals surface area (Å²) < 4.78 is 0. The van der Waals surface area contributed by atoms with Crippen LogP contribution in [0.2, 0.25) is 0 Å². The molecule has 0 bridgehead atoms. The summed E-state index contributed by atoms with van der Waals surface area (Å²) in [5.74, 6) is 2.66. The Hall–Kier alpha value is -0.600. The molecule has 3 rings (SSSR count). The Morgan fingerprint density at radius 1 is 1.16 bits per heavy atom. The van der Waals surface area contributed by atoms with Gasteiger partial charge in [-0.2, -0.15) is 0 Å². The molecule has 3 aliphatic carbocycles. The van der Waals surface area contributed by atoms with E-state index in [2.05, 4.69) is 33.4 Å².